The van der Waals surface area contributed by atoms with E-state index in [9.17, 15) is 9.90 Å². The number of ether oxygens (including phenoxy) is 1. The smallest absolute Gasteiger partial charge is 0.357 e. The van der Waals surface area contributed by atoms with E-state index in [1.165, 1.54) is 6.92 Å². The molecule has 1 unspecified atom stereocenters. The second kappa shape index (κ2) is 6.65. The van der Waals surface area contributed by atoms with Gasteiger partial charge in [-0.2, -0.15) is 5.10 Å². The number of nitrogens with one attached hydrogen (secondary N) is 1. The molecule has 0 amide bonds. The summed E-state index contributed by atoms with van der Waals surface area (Å²) in [6, 6.07) is 9.15. The van der Waals surface area contributed by atoms with E-state index < -0.39 is 12.1 Å². The lowest BCUT2D eigenvalue weighted by Crippen LogP contribution is -2.29. The maximum absolute atomic E-state index is 11.5. The van der Waals surface area contributed by atoms with E-state index in [4.69, 9.17) is 4.74 Å². The van der Waals surface area contributed by atoms with E-state index in [2.05, 4.69) is 10.5 Å². The van der Waals surface area contributed by atoms with Crippen molar-refractivity contribution in [1.29, 1.82) is 0 Å². The fourth-order valence-corrected chi connectivity index (χ4v) is 1.15. The van der Waals surface area contributed by atoms with Crippen molar-refractivity contribution >= 4 is 17.4 Å². The van der Waals surface area contributed by atoms with Gasteiger partial charge in [0.1, 0.15) is 6.10 Å². The summed E-state index contributed by atoms with van der Waals surface area (Å²) in [5, 5.41) is 13.3. The molecule has 1 aromatic carbocycles. The maximum Gasteiger partial charge on any atom is 0.357 e. The Labute approximate surface area is 100 Å². The summed E-state index contributed by atoms with van der Waals surface area (Å²) in [6.07, 6.45) is -0.981. The van der Waals surface area contributed by atoms with Gasteiger partial charge in [0.15, 0.2) is 5.71 Å². The Balaban J connectivity index is 2.74. The number of hydrogen-bond acceptors (Lipinski definition) is 5. The maximum atomic E-state index is 11.5. The number of carbonyl (C=O) groups excluding carboxylic acids is 1. The SMILES string of the molecule is CCOC(=O)C(=NNc1ccccc1)C(C)O. The van der Waals surface area contributed by atoms with E-state index in [0.29, 0.717) is 0 Å². The van der Waals surface area contributed by atoms with E-state index in [0.717, 1.165) is 5.69 Å². The van der Waals surface area contributed by atoms with Crippen LogP contribution in [0.3, 0.4) is 0 Å². The van der Waals surface area contributed by atoms with Gasteiger partial charge >= 0.3 is 5.97 Å². The molecule has 0 fully saturated rings. The van der Waals surface area contributed by atoms with Gasteiger partial charge in [0.25, 0.3) is 0 Å². The van der Waals surface area contributed by atoms with Crippen molar-refractivity contribution in [1.82, 2.24) is 0 Å². The third-order valence-electron chi connectivity index (χ3n) is 1.96. The van der Waals surface area contributed by atoms with Crippen LogP contribution in [-0.2, 0) is 9.53 Å². The van der Waals surface area contributed by atoms with Crippen LogP contribution in [0.1, 0.15) is 13.8 Å². The first-order valence-corrected chi connectivity index (χ1v) is 5.39. The first-order valence-electron chi connectivity index (χ1n) is 5.39. The molecule has 0 saturated heterocycles. The highest BCUT2D eigenvalue weighted by Gasteiger charge is 2.18. The van der Waals surface area contributed by atoms with Crippen LogP contribution in [0.5, 0.6) is 0 Å². The summed E-state index contributed by atoms with van der Waals surface area (Å²) in [4.78, 5) is 11.5. The fourth-order valence-electron chi connectivity index (χ4n) is 1.15. The molecule has 0 aliphatic heterocycles. The van der Waals surface area contributed by atoms with Crippen molar-refractivity contribution in [2.24, 2.45) is 5.10 Å². The summed E-state index contributed by atoms with van der Waals surface area (Å²) in [7, 11) is 0. The van der Waals surface area contributed by atoms with E-state index >= 15 is 0 Å². The minimum absolute atomic E-state index is 0.0456. The normalized spacial score (nSPS) is 13.0. The molecule has 0 radical (unpaired) electrons. The van der Waals surface area contributed by atoms with E-state index in [1.807, 2.05) is 18.2 Å². The number of anilines is 1. The number of para-hydroxylation sites is 1. The highest BCUT2D eigenvalue weighted by molar-refractivity contribution is 6.38. The molecular formula is C12H16N2O3. The van der Waals surface area contributed by atoms with Crippen LogP contribution in [0.15, 0.2) is 35.4 Å². The molecule has 92 valence electrons. The Kier molecular flexibility index (Phi) is 5.16. The lowest BCUT2D eigenvalue weighted by Gasteiger charge is -2.08. The molecule has 5 nitrogen and oxygen atoms in total. The van der Waals surface area contributed by atoms with Crippen molar-refractivity contribution in [3.05, 3.63) is 30.3 Å². The van der Waals surface area contributed by atoms with Crippen molar-refractivity contribution in [2.75, 3.05) is 12.0 Å². The average Bonchev–Trinajstić information content (AvgIpc) is 2.30. The number of aliphatic hydroxyl groups is 1. The molecule has 0 aliphatic rings. The third-order valence-corrected chi connectivity index (χ3v) is 1.96. The van der Waals surface area contributed by atoms with Crippen molar-refractivity contribution in [2.45, 2.75) is 20.0 Å². The highest BCUT2D eigenvalue weighted by Crippen LogP contribution is 2.05. The summed E-state index contributed by atoms with van der Waals surface area (Å²) in [5.41, 5.74) is 3.38. The summed E-state index contributed by atoms with van der Waals surface area (Å²) >= 11 is 0. The number of carbonyl (C=O) groups is 1. The number of hydrogen-bond donors (Lipinski definition) is 2. The number of hydrazone groups is 1. The van der Waals surface area contributed by atoms with Crippen LogP contribution < -0.4 is 5.43 Å². The van der Waals surface area contributed by atoms with Crippen LogP contribution in [0, 0.1) is 0 Å². The molecule has 0 aliphatic carbocycles. The molecular weight excluding hydrogens is 220 g/mol. The van der Waals surface area contributed by atoms with E-state index in [1.54, 1.807) is 19.1 Å². The molecule has 2 N–H and O–H groups in total. The van der Waals surface area contributed by atoms with Crippen LogP contribution in [0.4, 0.5) is 5.69 Å². The number of aliphatic hydroxyl groups excluding tert-OH is 1. The van der Waals surface area contributed by atoms with Gasteiger partial charge in [-0.25, -0.2) is 4.79 Å². The molecule has 0 saturated carbocycles. The second-order valence-electron chi connectivity index (χ2n) is 3.37. The monoisotopic (exact) mass is 236 g/mol. The molecule has 0 heterocycles. The van der Waals surface area contributed by atoms with Crippen LogP contribution in [0.25, 0.3) is 0 Å². The molecule has 17 heavy (non-hydrogen) atoms. The van der Waals surface area contributed by atoms with Gasteiger partial charge in [-0.3, -0.25) is 5.43 Å². The number of benzene rings is 1. The van der Waals surface area contributed by atoms with Gasteiger partial charge in [-0.1, -0.05) is 18.2 Å². The molecule has 0 aromatic heterocycles. The van der Waals surface area contributed by atoms with Crippen LogP contribution in [-0.4, -0.2) is 29.5 Å². The number of nitrogens with zero attached hydrogens (tertiary/aromatic N) is 1. The number of rotatable bonds is 5. The van der Waals surface area contributed by atoms with Gasteiger partial charge in [0.05, 0.1) is 12.3 Å². The zero-order valence-electron chi connectivity index (χ0n) is 9.88. The first-order chi connectivity index (χ1) is 8.15. The van der Waals surface area contributed by atoms with Crippen LogP contribution >= 0.6 is 0 Å². The predicted octanol–water partition coefficient (Wildman–Crippen LogP) is 1.40. The molecule has 1 rings (SSSR count). The zero-order valence-corrected chi connectivity index (χ0v) is 9.88. The van der Waals surface area contributed by atoms with Gasteiger partial charge in [-0.05, 0) is 26.0 Å². The van der Waals surface area contributed by atoms with Gasteiger partial charge < -0.3 is 9.84 Å². The topological polar surface area (TPSA) is 70.9 Å². The molecule has 5 heteroatoms. The Morgan fingerprint density at radius 1 is 1.47 bits per heavy atom. The van der Waals surface area contributed by atoms with Gasteiger partial charge in [0, 0.05) is 0 Å². The average molecular weight is 236 g/mol. The Morgan fingerprint density at radius 2 is 2.12 bits per heavy atom. The Morgan fingerprint density at radius 3 is 2.65 bits per heavy atom. The quantitative estimate of drug-likeness (QED) is 0.460. The highest BCUT2D eigenvalue weighted by atomic mass is 16.5. The standard InChI is InChI=1S/C12H16N2O3/c1-3-17-12(16)11(9(2)15)14-13-10-7-5-4-6-8-10/h4-9,13,15H,3H2,1-2H3. The summed E-state index contributed by atoms with van der Waals surface area (Å²) in [5.74, 6) is -0.620. The van der Waals surface area contributed by atoms with Crippen LogP contribution in [0.2, 0.25) is 0 Å². The zero-order chi connectivity index (χ0) is 12.7. The van der Waals surface area contributed by atoms with Crippen molar-refractivity contribution in [3.63, 3.8) is 0 Å². The fraction of sp³-hybridized carbons (Fsp3) is 0.333. The Hall–Kier alpha value is -1.88. The van der Waals surface area contributed by atoms with E-state index in [-0.39, 0.29) is 12.3 Å². The van der Waals surface area contributed by atoms with Gasteiger partial charge in [-0.15, -0.1) is 0 Å². The molecule has 1 atom stereocenters. The number of esters is 1. The molecule has 1 aromatic rings. The second-order valence-corrected chi connectivity index (χ2v) is 3.37. The summed E-state index contributed by atoms with van der Waals surface area (Å²) in [6.45, 7) is 3.40. The predicted molar refractivity (Wildman–Crippen MR) is 65.8 cm³/mol. The summed E-state index contributed by atoms with van der Waals surface area (Å²) < 4.78 is 4.78. The van der Waals surface area contributed by atoms with Crippen molar-refractivity contribution < 1.29 is 14.6 Å². The minimum atomic E-state index is -0.981. The molecule has 0 spiro atoms. The van der Waals surface area contributed by atoms with Gasteiger partial charge in [0.2, 0.25) is 0 Å². The molecule has 0 bridgehead atoms. The lowest BCUT2D eigenvalue weighted by molar-refractivity contribution is -0.135. The Bertz CT molecular complexity index is 388. The van der Waals surface area contributed by atoms with Crippen molar-refractivity contribution in [3.8, 4) is 0 Å². The lowest BCUT2D eigenvalue weighted by atomic mass is 10.2. The first kappa shape index (κ1) is 13.2. The largest absolute Gasteiger partial charge is 0.461 e. The minimum Gasteiger partial charge on any atom is -0.461 e. The third kappa shape index (κ3) is 4.24.